The van der Waals surface area contributed by atoms with Gasteiger partial charge in [-0.15, -0.1) is 11.8 Å². The summed E-state index contributed by atoms with van der Waals surface area (Å²) < 4.78 is 37.8. The number of sulfonamides is 1. The molecule has 2 fully saturated rings. The maximum absolute atomic E-state index is 12.9. The first-order valence-corrected chi connectivity index (χ1v) is 11.1. The van der Waals surface area contributed by atoms with Crippen LogP contribution in [0.3, 0.4) is 0 Å². The second-order valence-corrected chi connectivity index (χ2v) is 9.39. The molecule has 1 atom stereocenters. The van der Waals surface area contributed by atoms with Crippen LogP contribution >= 0.6 is 11.8 Å². The van der Waals surface area contributed by atoms with E-state index in [0.717, 1.165) is 12.8 Å². The predicted octanol–water partition coefficient (Wildman–Crippen LogP) is 0.867. The Labute approximate surface area is 162 Å². The predicted molar refractivity (Wildman–Crippen MR) is 101 cm³/mol. The lowest BCUT2D eigenvalue weighted by atomic mass is 10.2. The summed E-state index contributed by atoms with van der Waals surface area (Å²) in [5.74, 6) is 0.0935. The number of benzene rings is 1. The smallest absolute Gasteiger partial charge is 0.320 e. The van der Waals surface area contributed by atoms with Gasteiger partial charge in [-0.2, -0.15) is 0 Å². The molecule has 1 saturated carbocycles. The first kappa shape index (κ1) is 20.0. The van der Waals surface area contributed by atoms with Crippen LogP contribution in [0.25, 0.3) is 0 Å². The molecule has 0 spiro atoms. The molecule has 1 heterocycles. The summed E-state index contributed by atoms with van der Waals surface area (Å²) >= 11 is 1.45. The van der Waals surface area contributed by atoms with Crippen LogP contribution in [-0.4, -0.2) is 69.5 Å². The lowest BCUT2D eigenvalue weighted by molar-refractivity contribution is -0.140. The van der Waals surface area contributed by atoms with Crippen molar-refractivity contribution in [3.8, 4) is 5.75 Å². The minimum atomic E-state index is -3.78. The van der Waals surface area contributed by atoms with Gasteiger partial charge >= 0.3 is 5.97 Å². The van der Waals surface area contributed by atoms with Gasteiger partial charge in [0.05, 0.1) is 14.2 Å². The molecule has 3 rings (SSSR count). The number of esters is 1. The number of thioether (sulfide) groups is 1. The van der Waals surface area contributed by atoms with Crippen LogP contribution in [-0.2, 0) is 19.6 Å². The van der Waals surface area contributed by atoms with Crippen LogP contribution in [0.1, 0.15) is 23.2 Å². The number of nitrogens with zero attached hydrogens (tertiary/aromatic N) is 1. The summed E-state index contributed by atoms with van der Waals surface area (Å²) in [7, 11) is -1.08. The molecule has 1 amide bonds. The molecule has 0 bridgehead atoms. The summed E-state index contributed by atoms with van der Waals surface area (Å²) in [5.41, 5.74) is 0.238. The fourth-order valence-corrected chi connectivity index (χ4v) is 5.42. The zero-order valence-corrected chi connectivity index (χ0v) is 16.8. The van der Waals surface area contributed by atoms with Crippen molar-refractivity contribution in [2.24, 2.45) is 0 Å². The first-order valence-electron chi connectivity index (χ1n) is 8.55. The van der Waals surface area contributed by atoms with Crippen LogP contribution in [0.4, 0.5) is 0 Å². The maximum atomic E-state index is 12.9. The molecule has 1 aromatic carbocycles. The van der Waals surface area contributed by atoms with Crippen molar-refractivity contribution in [1.29, 1.82) is 0 Å². The number of amides is 1. The standard InChI is InChI=1S/C17H22N2O6S2/c1-24-13-6-3-11(9-15(13)27(22,23)18-12-4-5-12)16(20)19-7-8-26-14(10-19)17(21)25-2/h3,6,9,12,14,18H,4-5,7-8,10H2,1-2H3/t14-/m1/s1. The summed E-state index contributed by atoms with van der Waals surface area (Å²) in [4.78, 5) is 26.1. The molecule has 0 unspecified atom stereocenters. The Morgan fingerprint density at radius 1 is 1.26 bits per heavy atom. The normalized spacial score (nSPS) is 20.2. The molecule has 1 N–H and O–H groups in total. The van der Waals surface area contributed by atoms with Crippen LogP contribution in [0.5, 0.6) is 5.75 Å². The number of hydrogen-bond acceptors (Lipinski definition) is 7. The lowest BCUT2D eigenvalue weighted by Gasteiger charge is -2.31. The third kappa shape index (κ3) is 4.56. The van der Waals surface area contributed by atoms with E-state index in [-0.39, 0.29) is 40.7 Å². The van der Waals surface area contributed by atoms with Gasteiger partial charge in [0.25, 0.3) is 5.91 Å². The highest BCUT2D eigenvalue weighted by Crippen LogP contribution is 2.29. The Bertz CT molecular complexity index is 838. The van der Waals surface area contributed by atoms with E-state index >= 15 is 0 Å². The summed E-state index contributed by atoms with van der Waals surface area (Å²) in [6.45, 7) is 0.704. The first-order chi connectivity index (χ1) is 12.9. The van der Waals surface area contributed by atoms with Gasteiger partial charge in [-0.1, -0.05) is 0 Å². The molecular weight excluding hydrogens is 392 g/mol. The average molecular weight is 415 g/mol. The Kier molecular flexibility index (Phi) is 5.97. The highest BCUT2D eigenvalue weighted by atomic mass is 32.2. The molecule has 8 nitrogen and oxygen atoms in total. The quantitative estimate of drug-likeness (QED) is 0.689. The molecule has 148 valence electrons. The summed E-state index contributed by atoms with van der Waals surface area (Å²) in [6.07, 6.45) is 1.61. The molecule has 27 heavy (non-hydrogen) atoms. The van der Waals surface area contributed by atoms with Crippen molar-refractivity contribution in [3.05, 3.63) is 23.8 Å². The Balaban J connectivity index is 1.84. The van der Waals surface area contributed by atoms with E-state index in [9.17, 15) is 18.0 Å². The van der Waals surface area contributed by atoms with Crippen molar-refractivity contribution in [1.82, 2.24) is 9.62 Å². The molecule has 0 radical (unpaired) electrons. The number of carbonyl (C=O) groups excluding carboxylic acids is 2. The van der Waals surface area contributed by atoms with Crippen molar-refractivity contribution in [3.63, 3.8) is 0 Å². The van der Waals surface area contributed by atoms with Gasteiger partial charge in [0.15, 0.2) is 0 Å². The van der Waals surface area contributed by atoms with Crippen LogP contribution in [0.15, 0.2) is 23.1 Å². The summed E-state index contributed by atoms with van der Waals surface area (Å²) in [5, 5.41) is -0.439. The van der Waals surface area contributed by atoms with Crippen LogP contribution in [0, 0.1) is 0 Å². The highest BCUT2D eigenvalue weighted by Gasteiger charge is 2.33. The number of methoxy groups -OCH3 is 2. The van der Waals surface area contributed by atoms with Crippen molar-refractivity contribution in [2.45, 2.75) is 29.0 Å². The topological polar surface area (TPSA) is 102 Å². The zero-order chi connectivity index (χ0) is 19.6. The molecule has 2 aliphatic rings. The Hall–Kier alpha value is -1.78. The third-order valence-electron chi connectivity index (χ3n) is 4.42. The minimum Gasteiger partial charge on any atom is -0.495 e. The molecule has 1 aliphatic heterocycles. The van der Waals surface area contributed by atoms with E-state index in [4.69, 9.17) is 9.47 Å². The third-order valence-corrected chi connectivity index (χ3v) is 7.12. The molecule has 1 aromatic rings. The van der Waals surface area contributed by atoms with Crippen molar-refractivity contribution >= 4 is 33.7 Å². The van der Waals surface area contributed by atoms with E-state index in [1.54, 1.807) is 4.90 Å². The van der Waals surface area contributed by atoms with E-state index in [2.05, 4.69) is 4.72 Å². The number of ether oxygens (including phenoxy) is 2. The number of nitrogens with one attached hydrogen (secondary N) is 1. The number of hydrogen-bond donors (Lipinski definition) is 1. The minimum absolute atomic E-state index is 0.0565. The molecular formula is C17H22N2O6S2. The van der Waals surface area contributed by atoms with E-state index in [0.29, 0.717) is 12.3 Å². The van der Waals surface area contributed by atoms with Gasteiger partial charge in [-0.05, 0) is 31.0 Å². The average Bonchev–Trinajstić information content (AvgIpc) is 3.49. The Morgan fingerprint density at radius 3 is 2.63 bits per heavy atom. The van der Waals surface area contributed by atoms with Gasteiger partial charge in [0, 0.05) is 30.4 Å². The number of rotatable bonds is 6. The second kappa shape index (κ2) is 8.07. The van der Waals surface area contributed by atoms with Gasteiger partial charge in [0.1, 0.15) is 15.9 Å². The van der Waals surface area contributed by atoms with Crippen molar-refractivity contribution < 1.29 is 27.5 Å². The maximum Gasteiger partial charge on any atom is 0.320 e. The lowest BCUT2D eigenvalue weighted by Crippen LogP contribution is -2.45. The van der Waals surface area contributed by atoms with Gasteiger partial charge < -0.3 is 14.4 Å². The van der Waals surface area contributed by atoms with E-state index in [1.165, 1.54) is 44.2 Å². The van der Waals surface area contributed by atoms with Gasteiger partial charge in [-0.25, -0.2) is 13.1 Å². The van der Waals surface area contributed by atoms with Crippen LogP contribution < -0.4 is 9.46 Å². The second-order valence-electron chi connectivity index (χ2n) is 6.39. The highest BCUT2D eigenvalue weighted by molar-refractivity contribution is 8.00. The zero-order valence-electron chi connectivity index (χ0n) is 15.1. The molecule has 10 heteroatoms. The monoisotopic (exact) mass is 414 g/mol. The van der Waals surface area contributed by atoms with Crippen molar-refractivity contribution in [2.75, 3.05) is 33.1 Å². The van der Waals surface area contributed by atoms with E-state index in [1.807, 2.05) is 0 Å². The molecule has 1 aliphatic carbocycles. The van der Waals surface area contributed by atoms with Crippen LogP contribution in [0.2, 0.25) is 0 Å². The number of carbonyl (C=O) groups is 2. The molecule has 1 saturated heterocycles. The fraction of sp³-hybridized carbons (Fsp3) is 0.529. The van der Waals surface area contributed by atoms with E-state index < -0.39 is 15.3 Å². The SMILES string of the molecule is COC(=O)[C@H]1CN(C(=O)c2ccc(OC)c(S(=O)(=O)NC3CC3)c2)CCS1. The largest absolute Gasteiger partial charge is 0.495 e. The molecule has 0 aromatic heterocycles. The van der Waals surface area contributed by atoms with Gasteiger partial charge in [-0.3, -0.25) is 9.59 Å². The fourth-order valence-electron chi connectivity index (χ4n) is 2.79. The summed E-state index contributed by atoms with van der Waals surface area (Å²) in [6, 6.07) is 4.29. The van der Waals surface area contributed by atoms with Gasteiger partial charge in [0.2, 0.25) is 10.0 Å². The Morgan fingerprint density at radius 2 is 2.00 bits per heavy atom.